The first-order valence-corrected chi connectivity index (χ1v) is 9.51. The van der Waals surface area contributed by atoms with Crippen LogP contribution in [0, 0.1) is 13.8 Å². The van der Waals surface area contributed by atoms with Gasteiger partial charge in [-0.05, 0) is 49.4 Å². The zero-order valence-corrected chi connectivity index (χ0v) is 16.7. The molecular weight excluding hydrogens is 334 g/mol. The number of hydrogen-bond acceptors (Lipinski definition) is 2. The smallest absolute Gasteiger partial charge is 0.340 e. The maximum atomic E-state index is 12.8. The Kier molecular flexibility index (Phi) is 5.50. The van der Waals surface area contributed by atoms with Gasteiger partial charge >= 0.3 is 5.97 Å². The molecule has 0 aliphatic rings. The zero-order chi connectivity index (χ0) is 19.6. The third-order valence-corrected chi connectivity index (χ3v) is 5.04. The number of esters is 1. The maximum absolute atomic E-state index is 12.8. The lowest BCUT2D eigenvalue weighted by molar-refractivity contribution is 0.0526. The second-order valence-electron chi connectivity index (χ2n) is 7.07. The zero-order valence-electron chi connectivity index (χ0n) is 16.7. The lowest BCUT2D eigenvalue weighted by Crippen LogP contribution is -2.09. The van der Waals surface area contributed by atoms with E-state index in [1.165, 1.54) is 5.56 Å². The van der Waals surface area contributed by atoms with E-state index in [0.717, 1.165) is 28.2 Å². The molecule has 0 atom stereocenters. The van der Waals surface area contributed by atoms with E-state index in [2.05, 4.69) is 49.6 Å². The number of carbonyl (C=O) groups excluding carboxylic acids is 1. The van der Waals surface area contributed by atoms with Gasteiger partial charge < -0.3 is 9.30 Å². The predicted octanol–water partition coefficient (Wildman–Crippen LogP) is 6.06. The van der Waals surface area contributed by atoms with Crippen LogP contribution in [0.15, 0.2) is 54.6 Å². The number of para-hydroxylation sites is 1. The summed E-state index contributed by atoms with van der Waals surface area (Å²) in [6, 6.07) is 18.5. The molecule has 0 amide bonds. The summed E-state index contributed by atoms with van der Waals surface area (Å²) >= 11 is 0. The SMILES string of the molecule is CCOC(=O)c1c(C)c(C)n(-c2ccccc2C(C)C)c1-c1ccccc1. The minimum Gasteiger partial charge on any atom is -0.462 e. The molecule has 1 heterocycles. The molecule has 0 saturated carbocycles. The van der Waals surface area contributed by atoms with Crippen molar-refractivity contribution < 1.29 is 9.53 Å². The highest BCUT2D eigenvalue weighted by atomic mass is 16.5. The lowest BCUT2D eigenvalue weighted by Gasteiger charge is -2.19. The number of ether oxygens (including phenoxy) is 1. The number of rotatable bonds is 5. The summed E-state index contributed by atoms with van der Waals surface area (Å²) in [6.07, 6.45) is 0. The van der Waals surface area contributed by atoms with Gasteiger partial charge in [0.15, 0.2) is 0 Å². The summed E-state index contributed by atoms with van der Waals surface area (Å²) in [5.41, 5.74) is 6.95. The summed E-state index contributed by atoms with van der Waals surface area (Å²) < 4.78 is 7.62. The van der Waals surface area contributed by atoms with Crippen LogP contribution in [0.3, 0.4) is 0 Å². The van der Waals surface area contributed by atoms with E-state index >= 15 is 0 Å². The van der Waals surface area contributed by atoms with Gasteiger partial charge in [0.05, 0.1) is 17.9 Å². The van der Waals surface area contributed by atoms with E-state index in [1.54, 1.807) is 0 Å². The van der Waals surface area contributed by atoms with Gasteiger partial charge in [-0.15, -0.1) is 0 Å². The lowest BCUT2D eigenvalue weighted by atomic mass is 10.00. The third-order valence-electron chi connectivity index (χ3n) is 5.04. The maximum Gasteiger partial charge on any atom is 0.340 e. The molecule has 3 nitrogen and oxygen atoms in total. The monoisotopic (exact) mass is 361 g/mol. The third kappa shape index (κ3) is 3.42. The van der Waals surface area contributed by atoms with Crippen LogP contribution in [0.4, 0.5) is 0 Å². The Labute approximate surface area is 161 Å². The van der Waals surface area contributed by atoms with Gasteiger partial charge in [-0.2, -0.15) is 0 Å². The van der Waals surface area contributed by atoms with Crippen LogP contribution in [0.1, 0.15) is 53.9 Å². The molecule has 1 aromatic heterocycles. The highest BCUT2D eigenvalue weighted by Crippen LogP contribution is 2.36. The van der Waals surface area contributed by atoms with Crippen LogP contribution >= 0.6 is 0 Å². The highest BCUT2D eigenvalue weighted by molar-refractivity contribution is 5.99. The van der Waals surface area contributed by atoms with E-state index in [-0.39, 0.29) is 5.97 Å². The molecule has 0 radical (unpaired) electrons. The molecule has 3 rings (SSSR count). The molecule has 3 heteroatoms. The molecule has 0 aliphatic heterocycles. The van der Waals surface area contributed by atoms with Crippen molar-refractivity contribution in [3.05, 3.63) is 77.0 Å². The van der Waals surface area contributed by atoms with Crippen molar-refractivity contribution in [3.8, 4) is 16.9 Å². The average Bonchev–Trinajstić information content (AvgIpc) is 2.94. The molecule has 140 valence electrons. The molecule has 0 saturated heterocycles. The summed E-state index contributed by atoms with van der Waals surface area (Å²) in [4.78, 5) is 12.8. The Morgan fingerprint density at radius 3 is 2.26 bits per heavy atom. The van der Waals surface area contributed by atoms with Gasteiger partial charge in [0.1, 0.15) is 0 Å². The standard InChI is InChI=1S/C24H27NO2/c1-6-27-24(26)22-17(4)18(5)25(23(22)19-12-8-7-9-13-19)21-15-11-10-14-20(21)16(2)3/h7-16H,6H2,1-5H3. The Morgan fingerprint density at radius 1 is 1.00 bits per heavy atom. The van der Waals surface area contributed by atoms with Crippen LogP contribution in [0.5, 0.6) is 0 Å². The molecule has 27 heavy (non-hydrogen) atoms. The molecule has 0 N–H and O–H groups in total. The number of hydrogen-bond donors (Lipinski definition) is 0. The largest absolute Gasteiger partial charge is 0.462 e. The Bertz CT molecular complexity index is 952. The Hall–Kier alpha value is -2.81. The van der Waals surface area contributed by atoms with Crippen molar-refractivity contribution in [1.29, 1.82) is 0 Å². The van der Waals surface area contributed by atoms with Crippen molar-refractivity contribution in [3.63, 3.8) is 0 Å². The van der Waals surface area contributed by atoms with Gasteiger partial charge in [-0.25, -0.2) is 4.79 Å². The molecule has 0 bridgehead atoms. The minimum atomic E-state index is -0.266. The van der Waals surface area contributed by atoms with E-state index < -0.39 is 0 Å². The quantitative estimate of drug-likeness (QED) is 0.517. The van der Waals surface area contributed by atoms with Crippen molar-refractivity contribution >= 4 is 5.97 Å². The van der Waals surface area contributed by atoms with E-state index in [1.807, 2.05) is 44.2 Å². The molecule has 2 aromatic carbocycles. The first-order valence-electron chi connectivity index (χ1n) is 9.51. The van der Waals surface area contributed by atoms with Crippen molar-refractivity contribution in [1.82, 2.24) is 4.57 Å². The van der Waals surface area contributed by atoms with Gasteiger partial charge in [0, 0.05) is 11.4 Å². The summed E-state index contributed by atoms with van der Waals surface area (Å²) in [5.74, 6) is 0.107. The molecule has 3 aromatic rings. The number of aromatic nitrogens is 1. The molecule has 0 fully saturated rings. The second-order valence-corrected chi connectivity index (χ2v) is 7.07. The normalized spacial score (nSPS) is 11.0. The Morgan fingerprint density at radius 2 is 1.63 bits per heavy atom. The fraction of sp³-hybridized carbons (Fsp3) is 0.292. The predicted molar refractivity (Wildman–Crippen MR) is 111 cm³/mol. The van der Waals surface area contributed by atoms with Crippen LogP contribution in [0.2, 0.25) is 0 Å². The first kappa shape index (κ1) is 19.0. The summed E-state index contributed by atoms with van der Waals surface area (Å²) in [6.45, 7) is 10.7. The fourth-order valence-corrected chi connectivity index (χ4v) is 3.61. The van der Waals surface area contributed by atoms with Crippen molar-refractivity contribution in [2.45, 2.75) is 40.5 Å². The number of benzene rings is 2. The topological polar surface area (TPSA) is 31.2 Å². The second kappa shape index (κ2) is 7.83. The van der Waals surface area contributed by atoms with Gasteiger partial charge in [-0.1, -0.05) is 62.4 Å². The van der Waals surface area contributed by atoms with E-state index in [4.69, 9.17) is 4.74 Å². The van der Waals surface area contributed by atoms with E-state index in [9.17, 15) is 4.79 Å². The number of nitrogens with zero attached hydrogens (tertiary/aromatic N) is 1. The van der Waals surface area contributed by atoms with Crippen LogP contribution in [-0.4, -0.2) is 17.1 Å². The van der Waals surface area contributed by atoms with Gasteiger partial charge in [-0.3, -0.25) is 0 Å². The summed E-state index contributed by atoms with van der Waals surface area (Å²) in [7, 11) is 0. The average molecular weight is 361 g/mol. The molecular formula is C24H27NO2. The van der Waals surface area contributed by atoms with Gasteiger partial charge in [0.2, 0.25) is 0 Å². The van der Waals surface area contributed by atoms with E-state index in [0.29, 0.717) is 18.1 Å². The highest BCUT2D eigenvalue weighted by Gasteiger charge is 2.26. The van der Waals surface area contributed by atoms with Gasteiger partial charge in [0.25, 0.3) is 0 Å². The number of carbonyl (C=O) groups is 1. The Balaban J connectivity index is 2.39. The minimum absolute atomic E-state index is 0.266. The first-order chi connectivity index (χ1) is 13.0. The summed E-state index contributed by atoms with van der Waals surface area (Å²) in [5, 5.41) is 0. The fourth-order valence-electron chi connectivity index (χ4n) is 3.61. The van der Waals surface area contributed by atoms with Crippen molar-refractivity contribution in [2.24, 2.45) is 0 Å². The van der Waals surface area contributed by atoms with Crippen LogP contribution in [-0.2, 0) is 4.74 Å². The molecule has 0 unspecified atom stereocenters. The van der Waals surface area contributed by atoms with Crippen LogP contribution in [0.25, 0.3) is 16.9 Å². The van der Waals surface area contributed by atoms with Crippen LogP contribution < -0.4 is 0 Å². The molecule has 0 spiro atoms. The molecule has 0 aliphatic carbocycles. The van der Waals surface area contributed by atoms with Crippen molar-refractivity contribution in [2.75, 3.05) is 6.61 Å².